The third kappa shape index (κ3) is 3.88. The summed E-state index contributed by atoms with van der Waals surface area (Å²) >= 11 is 0. The van der Waals surface area contributed by atoms with Crippen molar-refractivity contribution in [2.45, 2.75) is 44.6 Å². The van der Waals surface area contributed by atoms with E-state index in [4.69, 9.17) is 4.98 Å². The number of nitrogens with zero attached hydrogens (tertiary/aromatic N) is 3. The summed E-state index contributed by atoms with van der Waals surface area (Å²) in [5.41, 5.74) is 2.63. The van der Waals surface area contributed by atoms with Gasteiger partial charge in [0.15, 0.2) is 0 Å². The zero-order valence-electron chi connectivity index (χ0n) is 17.1. The number of aromatic nitrogens is 2. The number of hydrogen-bond acceptors (Lipinski definition) is 5. The minimum absolute atomic E-state index is 0.0221. The average molecular weight is 406 g/mol. The lowest BCUT2D eigenvalue weighted by atomic mass is 9.95. The minimum atomic E-state index is -0.0861. The van der Waals surface area contributed by atoms with E-state index in [0.717, 1.165) is 68.0 Å². The Labute approximate surface area is 176 Å². The second-order valence-electron chi connectivity index (χ2n) is 8.48. The number of carbonyl (C=O) groups is 2. The largest absolute Gasteiger partial charge is 0.356 e. The van der Waals surface area contributed by atoms with Crippen LogP contribution >= 0.6 is 0 Å². The number of fused-ring (bicyclic) bond motifs is 1. The van der Waals surface area contributed by atoms with Crippen molar-refractivity contribution < 1.29 is 9.59 Å². The molecule has 156 valence electrons. The molecule has 30 heavy (non-hydrogen) atoms. The van der Waals surface area contributed by atoms with E-state index in [1.807, 2.05) is 30.3 Å². The van der Waals surface area contributed by atoms with Crippen LogP contribution in [0.2, 0.25) is 0 Å². The van der Waals surface area contributed by atoms with Crippen molar-refractivity contribution in [3.05, 3.63) is 53.0 Å². The third-order valence-electron chi connectivity index (χ3n) is 6.30. The lowest BCUT2D eigenvalue weighted by Crippen LogP contribution is -2.42. The summed E-state index contributed by atoms with van der Waals surface area (Å²) in [6, 6.07) is 9.99. The van der Waals surface area contributed by atoms with Crippen LogP contribution in [0.3, 0.4) is 0 Å². The quantitative estimate of drug-likeness (QED) is 0.796. The lowest BCUT2D eigenvalue weighted by Gasteiger charge is -2.34. The summed E-state index contributed by atoms with van der Waals surface area (Å²) in [6.07, 6.45) is 4.56. The maximum absolute atomic E-state index is 12.6. The van der Waals surface area contributed by atoms with Crippen LogP contribution in [-0.2, 0) is 17.8 Å². The van der Waals surface area contributed by atoms with Crippen LogP contribution in [0, 0.1) is 5.92 Å². The van der Waals surface area contributed by atoms with E-state index in [0.29, 0.717) is 24.7 Å². The number of piperidine rings is 1. The molecule has 5 rings (SSSR count). The smallest absolute Gasteiger partial charge is 0.270 e. The van der Waals surface area contributed by atoms with Crippen LogP contribution in [-0.4, -0.2) is 41.4 Å². The van der Waals surface area contributed by atoms with Crippen LogP contribution in [0.4, 0.5) is 5.82 Å². The number of anilines is 1. The van der Waals surface area contributed by atoms with Crippen LogP contribution < -0.4 is 15.5 Å². The van der Waals surface area contributed by atoms with Gasteiger partial charge in [0, 0.05) is 43.6 Å². The molecular formula is C23H27N5O2. The molecule has 1 aliphatic carbocycles. The number of rotatable bonds is 5. The Kier molecular flexibility index (Phi) is 5.11. The van der Waals surface area contributed by atoms with Gasteiger partial charge in [-0.2, -0.15) is 0 Å². The zero-order valence-corrected chi connectivity index (χ0v) is 17.1. The van der Waals surface area contributed by atoms with Crippen molar-refractivity contribution in [1.29, 1.82) is 0 Å². The van der Waals surface area contributed by atoms with Gasteiger partial charge in [0.2, 0.25) is 5.91 Å². The second-order valence-corrected chi connectivity index (χ2v) is 8.48. The Bertz CT molecular complexity index is 950. The molecule has 7 nitrogen and oxygen atoms in total. The third-order valence-corrected chi connectivity index (χ3v) is 6.30. The lowest BCUT2D eigenvalue weighted by molar-refractivity contribution is -0.125. The van der Waals surface area contributed by atoms with Crippen molar-refractivity contribution in [3.63, 3.8) is 0 Å². The van der Waals surface area contributed by atoms with E-state index in [1.54, 1.807) is 0 Å². The first-order valence-corrected chi connectivity index (χ1v) is 10.9. The molecule has 0 unspecified atom stereocenters. The van der Waals surface area contributed by atoms with E-state index in [-0.39, 0.29) is 17.7 Å². The average Bonchev–Trinajstić information content (AvgIpc) is 3.64. The van der Waals surface area contributed by atoms with Crippen molar-refractivity contribution in [3.8, 4) is 0 Å². The standard InChI is InChI=1S/C23H27N5O2/c29-22(25-14-15-4-2-1-3-5-15)17-9-12-28(13-10-17)21-18-8-11-24-23(30)19(18)26-20(27-21)16-6-7-16/h1-5,16-17H,6-14H2,(H,24,30)(H,25,29). The Morgan fingerprint density at radius 3 is 2.60 bits per heavy atom. The highest BCUT2D eigenvalue weighted by molar-refractivity contribution is 5.96. The molecule has 2 aliphatic heterocycles. The first-order valence-electron chi connectivity index (χ1n) is 10.9. The minimum Gasteiger partial charge on any atom is -0.356 e. The summed E-state index contributed by atoms with van der Waals surface area (Å²) in [6.45, 7) is 2.75. The molecule has 2 amide bonds. The van der Waals surface area contributed by atoms with Crippen molar-refractivity contribution >= 4 is 17.6 Å². The van der Waals surface area contributed by atoms with E-state index in [9.17, 15) is 9.59 Å². The molecule has 2 fully saturated rings. The molecule has 2 N–H and O–H groups in total. The second kappa shape index (κ2) is 8.05. The Hall–Kier alpha value is -2.96. The number of benzene rings is 1. The number of amides is 2. The molecule has 1 saturated heterocycles. The van der Waals surface area contributed by atoms with Crippen molar-refractivity contribution in [1.82, 2.24) is 20.6 Å². The molecule has 0 atom stereocenters. The zero-order chi connectivity index (χ0) is 20.5. The molecule has 1 aromatic carbocycles. The topological polar surface area (TPSA) is 87.2 Å². The molecule has 1 saturated carbocycles. The van der Waals surface area contributed by atoms with E-state index in [1.165, 1.54) is 0 Å². The number of carbonyl (C=O) groups excluding carboxylic acids is 2. The fourth-order valence-electron chi connectivity index (χ4n) is 4.36. The normalized spacial score (nSPS) is 19.2. The SMILES string of the molecule is O=C1NCCc2c1nc(C1CC1)nc2N1CCC(C(=O)NCc2ccccc2)CC1. The van der Waals surface area contributed by atoms with E-state index in [2.05, 4.69) is 20.5 Å². The molecule has 1 aromatic heterocycles. The monoisotopic (exact) mass is 405 g/mol. The highest BCUT2D eigenvalue weighted by atomic mass is 16.2. The van der Waals surface area contributed by atoms with E-state index < -0.39 is 0 Å². The van der Waals surface area contributed by atoms with Crippen LogP contribution in [0.25, 0.3) is 0 Å². The molecular weight excluding hydrogens is 378 g/mol. The van der Waals surface area contributed by atoms with Gasteiger partial charge in [-0.25, -0.2) is 9.97 Å². The molecule has 2 aromatic rings. The van der Waals surface area contributed by atoms with Crippen LogP contribution in [0.1, 0.15) is 59.0 Å². The summed E-state index contributed by atoms with van der Waals surface area (Å²) in [4.78, 5) is 36.7. The van der Waals surface area contributed by atoms with Gasteiger partial charge in [0.1, 0.15) is 17.3 Å². The Balaban J connectivity index is 1.26. The maximum Gasteiger partial charge on any atom is 0.270 e. The summed E-state index contributed by atoms with van der Waals surface area (Å²) in [5.74, 6) is 2.18. The van der Waals surface area contributed by atoms with Crippen molar-refractivity contribution in [2.75, 3.05) is 24.5 Å². The van der Waals surface area contributed by atoms with E-state index >= 15 is 0 Å². The fourth-order valence-corrected chi connectivity index (χ4v) is 4.36. The fraction of sp³-hybridized carbons (Fsp3) is 0.478. The summed E-state index contributed by atoms with van der Waals surface area (Å²) in [7, 11) is 0. The molecule has 0 radical (unpaired) electrons. The molecule has 0 spiro atoms. The molecule has 0 bridgehead atoms. The van der Waals surface area contributed by atoms with Gasteiger partial charge in [0.05, 0.1) is 0 Å². The van der Waals surface area contributed by atoms with Gasteiger partial charge in [-0.1, -0.05) is 30.3 Å². The summed E-state index contributed by atoms with van der Waals surface area (Å²) in [5, 5.41) is 5.98. The van der Waals surface area contributed by atoms with Crippen LogP contribution in [0.15, 0.2) is 30.3 Å². The number of nitrogens with one attached hydrogen (secondary N) is 2. The Morgan fingerprint density at radius 2 is 1.87 bits per heavy atom. The van der Waals surface area contributed by atoms with Gasteiger partial charge in [-0.3, -0.25) is 9.59 Å². The first-order chi connectivity index (χ1) is 14.7. The first kappa shape index (κ1) is 19.0. The van der Waals surface area contributed by atoms with Gasteiger partial charge in [0.25, 0.3) is 5.91 Å². The van der Waals surface area contributed by atoms with Crippen molar-refractivity contribution in [2.24, 2.45) is 5.92 Å². The predicted octanol–water partition coefficient (Wildman–Crippen LogP) is 2.17. The van der Waals surface area contributed by atoms with Gasteiger partial charge in [-0.15, -0.1) is 0 Å². The Morgan fingerprint density at radius 1 is 1.10 bits per heavy atom. The predicted molar refractivity (Wildman–Crippen MR) is 113 cm³/mol. The molecule has 3 aliphatic rings. The van der Waals surface area contributed by atoms with Gasteiger partial charge >= 0.3 is 0 Å². The van der Waals surface area contributed by atoms with Crippen LogP contribution in [0.5, 0.6) is 0 Å². The van der Waals surface area contributed by atoms with Gasteiger partial charge in [-0.05, 0) is 37.7 Å². The summed E-state index contributed by atoms with van der Waals surface area (Å²) < 4.78 is 0. The molecule has 3 heterocycles. The number of hydrogen-bond donors (Lipinski definition) is 2. The highest BCUT2D eigenvalue weighted by Gasteiger charge is 2.34. The maximum atomic E-state index is 12.6. The highest BCUT2D eigenvalue weighted by Crippen LogP contribution is 2.40. The molecule has 7 heteroatoms. The van der Waals surface area contributed by atoms with Gasteiger partial charge < -0.3 is 15.5 Å².